The number of likely N-dealkylation sites (tertiary alicyclic amines) is 1. The summed E-state index contributed by atoms with van der Waals surface area (Å²) in [6.45, 7) is 7.83. The minimum Gasteiger partial charge on any atom is -0.324 e. The minimum atomic E-state index is 0.0000301. The van der Waals surface area contributed by atoms with E-state index in [1.165, 1.54) is 37.8 Å². The molecule has 19 heavy (non-hydrogen) atoms. The molecule has 0 radical (unpaired) electrons. The Kier molecular flexibility index (Phi) is 5.00. The van der Waals surface area contributed by atoms with Gasteiger partial charge in [-0.25, -0.2) is 0 Å². The fourth-order valence-corrected chi connectivity index (χ4v) is 3.15. The van der Waals surface area contributed by atoms with E-state index in [1.807, 2.05) is 0 Å². The van der Waals surface area contributed by atoms with Gasteiger partial charge in [-0.3, -0.25) is 4.90 Å². The zero-order chi connectivity index (χ0) is 13.7. The Morgan fingerprint density at radius 2 is 2.00 bits per heavy atom. The molecule has 1 aromatic rings. The molecule has 2 N–H and O–H groups in total. The molecule has 2 heteroatoms. The van der Waals surface area contributed by atoms with Crippen LogP contribution in [-0.2, 0) is 6.54 Å². The number of nitrogens with zero attached hydrogens (tertiary/aromatic N) is 1. The fourth-order valence-electron chi connectivity index (χ4n) is 3.15. The van der Waals surface area contributed by atoms with Gasteiger partial charge in [0.05, 0.1) is 0 Å². The summed E-state index contributed by atoms with van der Waals surface area (Å²) in [6.07, 6.45) is 4.90. The van der Waals surface area contributed by atoms with Gasteiger partial charge in [-0.05, 0) is 30.9 Å². The lowest BCUT2D eigenvalue weighted by atomic mass is 9.80. The second kappa shape index (κ2) is 6.53. The van der Waals surface area contributed by atoms with Gasteiger partial charge in [0.25, 0.3) is 0 Å². The third kappa shape index (κ3) is 3.80. The van der Waals surface area contributed by atoms with Crippen LogP contribution >= 0.6 is 0 Å². The molecule has 1 saturated heterocycles. The van der Waals surface area contributed by atoms with Crippen molar-refractivity contribution in [1.82, 2.24) is 4.90 Å². The highest BCUT2D eigenvalue weighted by Gasteiger charge is 2.34. The predicted molar refractivity (Wildman–Crippen MR) is 81.9 cm³/mol. The first-order valence-corrected chi connectivity index (χ1v) is 7.69. The topological polar surface area (TPSA) is 29.3 Å². The summed E-state index contributed by atoms with van der Waals surface area (Å²) in [5.41, 5.74) is 8.11. The van der Waals surface area contributed by atoms with E-state index in [-0.39, 0.29) is 5.54 Å². The second-order valence-corrected chi connectivity index (χ2v) is 6.20. The molecule has 0 aliphatic carbocycles. The van der Waals surface area contributed by atoms with E-state index in [0.717, 1.165) is 13.1 Å². The van der Waals surface area contributed by atoms with Crippen LogP contribution in [0, 0.1) is 5.92 Å². The van der Waals surface area contributed by atoms with Crippen molar-refractivity contribution in [3.05, 3.63) is 35.9 Å². The molecule has 1 heterocycles. The lowest BCUT2D eigenvalue weighted by Gasteiger charge is -2.37. The lowest BCUT2D eigenvalue weighted by Crippen LogP contribution is -2.53. The zero-order valence-corrected chi connectivity index (χ0v) is 12.4. The van der Waals surface area contributed by atoms with E-state index in [2.05, 4.69) is 49.1 Å². The van der Waals surface area contributed by atoms with E-state index in [9.17, 15) is 0 Å². The molecule has 1 aliphatic rings. The molecule has 0 amide bonds. The highest BCUT2D eigenvalue weighted by atomic mass is 15.1. The van der Waals surface area contributed by atoms with Crippen molar-refractivity contribution in [2.45, 2.75) is 51.6 Å². The van der Waals surface area contributed by atoms with Crippen LogP contribution in [0.2, 0.25) is 0 Å². The Hall–Kier alpha value is -0.860. The zero-order valence-electron chi connectivity index (χ0n) is 12.4. The number of rotatable bonds is 4. The number of nitrogens with two attached hydrogens (primary N) is 1. The van der Waals surface area contributed by atoms with Gasteiger partial charge in [-0.1, -0.05) is 57.0 Å². The summed E-state index contributed by atoms with van der Waals surface area (Å²) in [6, 6.07) is 10.8. The first-order chi connectivity index (χ1) is 9.14. The van der Waals surface area contributed by atoms with Crippen molar-refractivity contribution >= 4 is 0 Å². The van der Waals surface area contributed by atoms with Gasteiger partial charge in [0, 0.05) is 18.6 Å². The monoisotopic (exact) mass is 260 g/mol. The highest BCUT2D eigenvalue weighted by molar-refractivity contribution is 5.14. The van der Waals surface area contributed by atoms with E-state index < -0.39 is 0 Å². The molecule has 1 aromatic carbocycles. The molecule has 0 bridgehead atoms. The molecule has 2 nitrogen and oxygen atoms in total. The van der Waals surface area contributed by atoms with E-state index in [4.69, 9.17) is 5.73 Å². The fraction of sp³-hybridized carbons (Fsp3) is 0.647. The Morgan fingerprint density at radius 3 is 2.68 bits per heavy atom. The molecule has 0 spiro atoms. The Balaban J connectivity index is 2.04. The number of hydrogen-bond acceptors (Lipinski definition) is 2. The summed E-state index contributed by atoms with van der Waals surface area (Å²) >= 11 is 0. The number of hydrogen-bond donors (Lipinski definition) is 1. The predicted octanol–water partition coefficient (Wildman–Crippen LogP) is 3.42. The quantitative estimate of drug-likeness (QED) is 0.899. The van der Waals surface area contributed by atoms with E-state index in [1.54, 1.807) is 0 Å². The summed E-state index contributed by atoms with van der Waals surface area (Å²) in [4.78, 5) is 2.55. The van der Waals surface area contributed by atoms with Crippen LogP contribution in [0.5, 0.6) is 0 Å². The Bertz CT molecular complexity index is 376. The normalized spacial score (nSPS) is 26.9. The van der Waals surface area contributed by atoms with Crippen molar-refractivity contribution in [3.63, 3.8) is 0 Å². The van der Waals surface area contributed by atoms with Crippen LogP contribution < -0.4 is 5.73 Å². The van der Waals surface area contributed by atoms with Crippen molar-refractivity contribution in [2.75, 3.05) is 13.1 Å². The average Bonchev–Trinajstić information content (AvgIpc) is 2.61. The molecule has 0 saturated carbocycles. The maximum Gasteiger partial charge on any atom is 0.0309 e. The van der Waals surface area contributed by atoms with Gasteiger partial charge in [-0.15, -0.1) is 0 Å². The van der Waals surface area contributed by atoms with Crippen LogP contribution in [0.1, 0.15) is 45.1 Å². The number of benzene rings is 1. The van der Waals surface area contributed by atoms with Gasteiger partial charge in [-0.2, -0.15) is 0 Å². The second-order valence-electron chi connectivity index (χ2n) is 6.20. The molecule has 106 valence electrons. The van der Waals surface area contributed by atoms with Crippen LogP contribution in [-0.4, -0.2) is 23.5 Å². The maximum absolute atomic E-state index is 6.72. The largest absolute Gasteiger partial charge is 0.324 e. The maximum atomic E-state index is 6.72. The molecule has 0 aromatic heterocycles. The summed E-state index contributed by atoms with van der Waals surface area (Å²) in [5, 5.41) is 0. The van der Waals surface area contributed by atoms with E-state index >= 15 is 0 Å². The van der Waals surface area contributed by atoms with Gasteiger partial charge >= 0.3 is 0 Å². The Labute approximate surface area is 118 Å². The van der Waals surface area contributed by atoms with Crippen molar-refractivity contribution < 1.29 is 0 Å². The average molecular weight is 260 g/mol. The van der Waals surface area contributed by atoms with Crippen LogP contribution in [0.3, 0.4) is 0 Å². The minimum absolute atomic E-state index is 0.0000301. The molecule has 2 unspecified atom stereocenters. The third-order valence-corrected chi connectivity index (χ3v) is 4.73. The van der Waals surface area contributed by atoms with Gasteiger partial charge < -0.3 is 5.73 Å². The summed E-state index contributed by atoms with van der Waals surface area (Å²) < 4.78 is 0. The molecule has 2 rings (SSSR count). The molecule has 1 aliphatic heterocycles. The van der Waals surface area contributed by atoms with Gasteiger partial charge in [0.15, 0.2) is 0 Å². The molecular weight excluding hydrogens is 232 g/mol. The van der Waals surface area contributed by atoms with Crippen molar-refractivity contribution in [2.24, 2.45) is 11.7 Å². The SMILES string of the molecule is CCC(C)C1(N)CCCCN(Cc2ccccc2)C1. The van der Waals surface area contributed by atoms with Crippen LogP contribution in [0.25, 0.3) is 0 Å². The first kappa shape index (κ1) is 14.5. The Morgan fingerprint density at radius 1 is 1.26 bits per heavy atom. The molecule has 1 fully saturated rings. The van der Waals surface area contributed by atoms with Gasteiger partial charge in [0.1, 0.15) is 0 Å². The first-order valence-electron chi connectivity index (χ1n) is 7.69. The summed E-state index contributed by atoms with van der Waals surface area (Å²) in [7, 11) is 0. The molecular formula is C17H28N2. The summed E-state index contributed by atoms with van der Waals surface area (Å²) in [5.74, 6) is 0.601. The van der Waals surface area contributed by atoms with Crippen LogP contribution in [0.15, 0.2) is 30.3 Å². The highest BCUT2D eigenvalue weighted by Crippen LogP contribution is 2.28. The van der Waals surface area contributed by atoms with Crippen LogP contribution in [0.4, 0.5) is 0 Å². The van der Waals surface area contributed by atoms with Gasteiger partial charge in [0.2, 0.25) is 0 Å². The third-order valence-electron chi connectivity index (χ3n) is 4.73. The lowest BCUT2D eigenvalue weighted by molar-refractivity contribution is 0.170. The standard InChI is InChI=1S/C17H28N2/c1-3-15(2)17(18)11-7-8-12-19(14-17)13-16-9-5-4-6-10-16/h4-6,9-10,15H,3,7-8,11-14,18H2,1-2H3. The van der Waals surface area contributed by atoms with E-state index in [0.29, 0.717) is 5.92 Å². The smallest absolute Gasteiger partial charge is 0.0309 e. The van der Waals surface area contributed by atoms with Crippen molar-refractivity contribution in [3.8, 4) is 0 Å². The van der Waals surface area contributed by atoms with Crippen molar-refractivity contribution in [1.29, 1.82) is 0 Å². The molecule has 2 atom stereocenters.